The van der Waals surface area contributed by atoms with Gasteiger partial charge in [0.1, 0.15) is 0 Å². The zero-order valence-corrected chi connectivity index (χ0v) is 26.2. The lowest BCUT2D eigenvalue weighted by atomic mass is 9.90. The molecule has 0 aromatic heterocycles. The molecular weight excluding hydrogens is 582 g/mol. The number of likely N-dealkylation sites (tertiary alicyclic amines) is 1. The number of methoxy groups -OCH3 is 2. The molecule has 0 unspecified atom stereocenters. The summed E-state index contributed by atoms with van der Waals surface area (Å²) in [5.74, 6) is -0.267. The maximum atomic E-state index is 13.8. The number of amidine groups is 1. The smallest absolute Gasteiger partial charge is 0.338 e. The van der Waals surface area contributed by atoms with Gasteiger partial charge in [-0.1, -0.05) is 54.2 Å². The number of piperidine rings is 1. The maximum Gasteiger partial charge on any atom is 0.338 e. The monoisotopic (exact) mass is 619 g/mol. The van der Waals surface area contributed by atoms with Crippen molar-refractivity contribution >= 4 is 40.5 Å². The van der Waals surface area contributed by atoms with Crippen molar-refractivity contribution in [1.29, 1.82) is 0 Å². The van der Waals surface area contributed by atoms with Crippen LogP contribution in [-0.2, 0) is 23.9 Å². The Morgan fingerprint density at radius 2 is 1.75 bits per heavy atom. The number of thioether (sulfide) groups is 1. The first kappa shape index (κ1) is 31.2. The van der Waals surface area contributed by atoms with E-state index in [4.69, 9.17) is 23.9 Å². The van der Waals surface area contributed by atoms with Crippen LogP contribution >= 0.6 is 11.8 Å². The van der Waals surface area contributed by atoms with E-state index >= 15 is 0 Å². The van der Waals surface area contributed by atoms with Gasteiger partial charge >= 0.3 is 11.9 Å². The number of hydrogen-bond donors (Lipinski definition) is 0. The molecule has 10 nitrogen and oxygen atoms in total. The van der Waals surface area contributed by atoms with Crippen molar-refractivity contribution < 1.29 is 33.3 Å². The quantitative estimate of drug-likeness (QED) is 0.333. The number of amides is 1. The van der Waals surface area contributed by atoms with E-state index in [2.05, 4.69) is 0 Å². The lowest BCUT2D eigenvalue weighted by molar-refractivity contribution is -0.151. The van der Waals surface area contributed by atoms with Crippen molar-refractivity contribution in [1.82, 2.24) is 9.80 Å². The largest absolute Gasteiger partial charge is 0.493 e. The number of carbonyl (C=O) groups excluding carboxylic acids is 3. The van der Waals surface area contributed by atoms with Crippen LogP contribution in [0, 0.1) is 5.92 Å². The standard InChI is InChI=1S/C33H37N3O7S/c1-5-42-31(38)22-14-11-17-35(19-22)26(37)18-23-20-44-33-34-28(21-12-8-7-9-13-21)27(32(39)43-6-2)29(36(23)33)24-15-10-16-25(40-3)30(24)41-4/h7-10,12-13,15-16,20,22,29H,5-6,11,14,17-19H2,1-4H3/t22-,29-/m1/s1. The summed E-state index contributed by atoms with van der Waals surface area (Å²) in [6, 6.07) is 14.3. The molecule has 3 aliphatic heterocycles. The first-order chi connectivity index (χ1) is 21.4. The van der Waals surface area contributed by atoms with Gasteiger partial charge in [0.05, 0.1) is 57.1 Å². The molecule has 2 aromatic carbocycles. The van der Waals surface area contributed by atoms with Crippen LogP contribution < -0.4 is 9.47 Å². The second-order valence-corrected chi connectivity index (χ2v) is 11.3. The van der Waals surface area contributed by atoms with Crippen LogP contribution in [0.15, 0.2) is 70.2 Å². The molecule has 1 amide bonds. The van der Waals surface area contributed by atoms with E-state index in [1.807, 2.05) is 52.8 Å². The molecule has 1 saturated heterocycles. The fourth-order valence-corrected chi connectivity index (χ4v) is 6.75. The van der Waals surface area contributed by atoms with Crippen LogP contribution in [-0.4, -0.2) is 73.3 Å². The van der Waals surface area contributed by atoms with E-state index in [9.17, 15) is 14.4 Å². The fourth-order valence-electron chi connectivity index (χ4n) is 5.83. The fraction of sp³-hybridized carbons (Fsp3) is 0.394. The van der Waals surface area contributed by atoms with E-state index in [0.717, 1.165) is 12.0 Å². The normalized spacial score (nSPS) is 19.5. The topological polar surface area (TPSA) is 107 Å². The maximum absolute atomic E-state index is 13.8. The Hall–Kier alpha value is -4.25. The number of carbonyl (C=O) groups is 3. The second-order valence-electron chi connectivity index (χ2n) is 10.4. The zero-order valence-electron chi connectivity index (χ0n) is 25.4. The number of esters is 2. The Bertz CT molecular complexity index is 1500. The average molecular weight is 620 g/mol. The van der Waals surface area contributed by atoms with E-state index < -0.39 is 12.0 Å². The third-order valence-corrected chi connectivity index (χ3v) is 8.70. The predicted molar refractivity (Wildman–Crippen MR) is 168 cm³/mol. The summed E-state index contributed by atoms with van der Waals surface area (Å²) in [7, 11) is 3.12. The highest BCUT2D eigenvalue weighted by molar-refractivity contribution is 8.16. The molecular formula is C33H37N3O7S. The molecule has 0 radical (unpaired) electrons. The molecule has 3 heterocycles. The van der Waals surface area contributed by atoms with Crippen LogP contribution in [0.4, 0.5) is 0 Å². The van der Waals surface area contributed by atoms with Gasteiger partial charge < -0.3 is 28.7 Å². The first-order valence-electron chi connectivity index (χ1n) is 14.8. The summed E-state index contributed by atoms with van der Waals surface area (Å²) in [5, 5.41) is 2.53. The number of nitrogens with zero attached hydrogens (tertiary/aromatic N) is 3. The summed E-state index contributed by atoms with van der Waals surface area (Å²) in [4.78, 5) is 48.6. The van der Waals surface area contributed by atoms with Crippen molar-refractivity contribution in [2.24, 2.45) is 10.9 Å². The summed E-state index contributed by atoms with van der Waals surface area (Å²) >= 11 is 1.39. The van der Waals surface area contributed by atoms with Gasteiger partial charge in [0, 0.05) is 29.9 Å². The second kappa shape index (κ2) is 14.0. The van der Waals surface area contributed by atoms with E-state index in [1.54, 1.807) is 39.0 Å². The highest BCUT2D eigenvalue weighted by atomic mass is 32.2. The molecule has 0 N–H and O–H groups in total. The molecule has 0 spiro atoms. The molecule has 2 aromatic rings. The molecule has 1 fully saturated rings. The number of aliphatic imine (C=N–C) groups is 1. The molecule has 11 heteroatoms. The van der Waals surface area contributed by atoms with Gasteiger partial charge in [0.2, 0.25) is 5.91 Å². The molecule has 0 aliphatic carbocycles. The highest BCUT2D eigenvalue weighted by Crippen LogP contribution is 2.50. The average Bonchev–Trinajstić information content (AvgIpc) is 3.46. The molecule has 3 aliphatic rings. The Morgan fingerprint density at radius 3 is 2.45 bits per heavy atom. The first-order valence-corrected chi connectivity index (χ1v) is 15.6. The van der Waals surface area contributed by atoms with Gasteiger partial charge in [-0.3, -0.25) is 9.59 Å². The Labute approximate surface area is 261 Å². The van der Waals surface area contributed by atoms with E-state index in [0.29, 0.717) is 65.3 Å². The molecule has 44 heavy (non-hydrogen) atoms. The Balaban J connectivity index is 1.57. The zero-order chi connectivity index (χ0) is 31.2. The molecule has 232 valence electrons. The predicted octanol–water partition coefficient (Wildman–Crippen LogP) is 5.17. The van der Waals surface area contributed by atoms with Crippen LogP contribution in [0.5, 0.6) is 11.5 Å². The van der Waals surface area contributed by atoms with E-state index in [1.165, 1.54) is 11.8 Å². The summed E-state index contributed by atoms with van der Waals surface area (Å²) < 4.78 is 22.3. The lowest BCUT2D eigenvalue weighted by Gasteiger charge is -2.38. The van der Waals surface area contributed by atoms with Crippen LogP contribution in [0.2, 0.25) is 0 Å². The van der Waals surface area contributed by atoms with Crippen LogP contribution in [0.3, 0.4) is 0 Å². The van der Waals surface area contributed by atoms with Gasteiger partial charge in [0.15, 0.2) is 16.7 Å². The number of rotatable bonds is 10. The summed E-state index contributed by atoms with van der Waals surface area (Å²) in [6.07, 6.45) is 1.47. The Morgan fingerprint density at radius 1 is 0.977 bits per heavy atom. The van der Waals surface area contributed by atoms with Gasteiger partial charge in [0.25, 0.3) is 0 Å². The number of ether oxygens (including phenoxy) is 4. The van der Waals surface area contributed by atoms with Gasteiger partial charge in [-0.25, -0.2) is 9.79 Å². The highest BCUT2D eigenvalue weighted by Gasteiger charge is 2.44. The number of fused-ring (bicyclic) bond motifs is 1. The van der Waals surface area contributed by atoms with Crippen molar-refractivity contribution in [3.63, 3.8) is 0 Å². The van der Waals surface area contributed by atoms with Crippen molar-refractivity contribution in [2.75, 3.05) is 40.5 Å². The van der Waals surface area contributed by atoms with Crippen LogP contribution in [0.25, 0.3) is 5.70 Å². The summed E-state index contributed by atoms with van der Waals surface area (Å²) in [5.41, 5.74) is 2.93. The number of benzene rings is 2. The SMILES string of the molecule is CCOC(=O)C1=C(c2ccccc2)N=C2SC=C(CC(=O)N3CCC[C@@H](C(=O)OCC)C3)N2[C@@H]1c1cccc(OC)c1OC. The minimum absolute atomic E-state index is 0.0567. The molecule has 0 bridgehead atoms. The Kier molecular flexibility index (Phi) is 9.94. The molecule has 2 atom stereocenters. The van der Waals surface area contributed by atoms with Crippen LogP contribution in [0.1, 0.15) is 50.3 Å². The molecule has 0 saturated carbocycles. The lowest BCUT2D eigenvalue weighted by Crippen LogP contribution is -2.44. The van der Waals surface area contributed by atoms with Crippen molar-refractivity contribution in [2.45, 2.75) is 39.2 Å². The molecule has 5 rings (SSSR count). The van der Waals surface area contributed by atoms with Gasteiger partial charge in [-0.15, -0.1) is 0 Å². The minimum atomic E-state index is -0.732. The van der Waals surface area contributed by atoms with Crippen molar-refractivity contribution in [3.05, 3.63) is 76.3 Å². The number of para-hydroxylation sites is 1. The third-order valence-electron chi connectivity index (χ3n) is 7.81. The van der Waals surface area contributed by atoms with Crippen molar-refractivity contribution in [3.8, 4) is 11.5 Å². The summed E-state index contributed by atoms with van der Waals surface area (Å²) in [6.45, 7) is 4.91. The van der Waals surface area contributed by atoms with Gasteiger partial charge in [-0.2, -0.15) is 0 Å². The van der Waals surface area contributed by atoms with Gasteiger partial charge in [-0.05, 0) is 38.2 Å². The third kappa shape index (κ3) is 6.19. The van der Waals surface area contributed by atoms with E-state index in [-0.39, 0.29) is 30.8 Å². The number of hydrogen-bond acceptors (Lipinski definition) is 10. The minimum Gasteiger partial charge on any atom is -0.493 e.